The molecule has 2 N–H and O–H groups in total. The van der Waals surface area contributed by atoms with Crippen molar-refractivity contribution in [1.29, 1.82) is 5.26 Å². The summed E-state index contributed by atoms with van der Waals surface area (Å²) < 4.78 is 13.1. The molecule has 1 aromatic carbocycles. The molecule has 4 nitrogen and oxygen atoms in total. The second-order valence-electron chi connectivity index (χ2n) is 4.95. The molecule has 19 heavy (non-hydrogen) atoms. The SMILES string of the molecule is CCC(C)(C)NC(=O)CNc1ccc(F)c(C#N)c1. The predicted molar refractivity (Wildman–Crippen MR) is 72.1 cm³/mol. The lowest BCUT2D eigenvalue weighted by molar-refractivity contribution is -0.121. The molecule has 0 unspecified atom stereocenters. The average Bonchev–Trinajstić information content (AvgIpc) is 2.37. The highest BCUT2D eigenvalue weighted by molar-refractivity contribution is 5.81. The number of hydrogen-bond acceptors (Lipinski definition) is 3. The van der Waals surface area contributed by atoms with Gasteiger partial charge in [0, 0.05) is 11.2 Å². The number of benzene rings is 1. The lowest BCUT2D eigenvalue weighted by Gasteiger charge is -2.24. The van der Waals surface area contributed by atoms with Gasteiger partial charge in [-0.25, -0.2) is 4.39 Å². The van der Waals surface area contributed by atoms with Crippen molar-refractivity contribution in [2.24, 2.45) is 0 Å². The summed E-state index contributed by atoms with van der Waals surface area (Å²) >= 11 is 0. The van der Waals surface area contributed by atoms with Crippen molar-refractivity contribution in [1.82, 2.24) is 5.32 Å². The van der Waals surface area contributed by atoms with Crippen LogP contribution in [0.2, 0.25) is 0 Å². The molecule has 1 aromatic rings. The molecule has 0 radical (unpaired) electrons. The third-order valence-corrected chi connectivity index (χ3v) is 2.90. The zero-order chi connectivity index (χ0) is 14.5. The van der Waals surface area contributed by atoms with Crippen LogP contribution in [0.5, 0.6) is 0 Å². The quantitative estimate of drug-likeness (QED) is 0.857. The van der Waals surface area contributed by atoms with Gasteiger partial charge in [0.15, 0.2) is 0 Å². The summed E-state index contributed by atoms with van der Waals surface area (Å²) in [6, 6.07) is 5.84. The van der Waals surface area contributed by atoms with Gasteiger partial charge in [-0.2, -0.15) is 5.26 Å². The third-order valence-electron chi connectivity index (χ3n) is 2.90. The molecule has 0 aliphatic heterocycles. The van der Waals surface area contributed by atoms with Crippen LogP contribution in [0, 0.1) is 17.1 Å². The molecule has 0 aromatic heterocycles. The number of amides is 1. The highest BCUT2D eigenvalue weighted by Gasteiger charge is 2.17. The maximum atomic E-state index is 13.1. The number of carbonyl (C=O) groups is 1. The molecule has 0 bridgehead atoms. The van der Waals surface area contributed by atoms with E-state index in [1.54, 1.807) is 6.07 Å². The maximum Gasteiger partial charge on any atom is 0.239 e. The molecule has 0 atom stereocenters. The summed E-state index contributed by atoms with van der Waals surface area (Å²) in [7, 11) is 0. The minimum Gasteiger partial charge on any atom is -0.376 e. The second-order valence-corrected chi connectivity index (χ2v) is 4.95. The largest absolute Gasteiger partial charge is 0.376 e. The Bertz CT molecular complexity index is 506. The first-order chi connectivity index (χ1) is 8.88. The summed E-state index contributed by atoms with van der Waals surface area (Å²) in [5, 5.41) is 14.4. The van der Waals surface area contributed by atoms with E-state index in [0.29, 0.717) is 5.69 Å². The zero-order valence-electron chi connectivity index (χ0n) is 11.4. The third kappa shape index (κ3) is 4.59. The molecule has 102 valence electrons. The van der Waals surface area contributed by atoms with Crippen molar-refractivity contribution < 1.29 is 9.18 Å². The molecular formula is C14H18FN3O. The average molecular weight is 263 g/mol. The molecule has 0 saturated heterocycles. The Kier molecular flexibility index (Phi) is 4.87. The van der Waals surface area contributed by atoms with Crippen LogP contribution < -0.4 is 10.6 Å². The van der Waals surface area contributed by atoms with Gasteiger partial charge >= 0.3 is 0 Å². The molecule has 0 aliphatic rings. The van der Waals surface area contributed by atoms with Crippen LogP contribution in [-0.4, -0.2) is 18.0 Å². The van der Waals surface area contributed by atoms with Crippen molar-refractivity contribution >= 4 is 11.6 Å². The lowest BCUT2D eigenvalue weighted by Crippen LogP contribution is -2.45. The van der Waals surface area contributed by atoms with E-state index in [0.717, 1.165) is 6.42 Å². The van der Waals surface area contributed by atoms with E-state index < -0.39 is 5.82 Å². The van der Waals surface area contributed by atoms with Crippen LogP contribution in [0.15, 0.2) is 18.2 Å². The van der Waals surface area contributed by atoms with Crippen LogP contribution in [0.4, 0.5) is 10.1 Å². The normalized spacial score (nSPS) is 10.7. The summed E-state index contributed by atoms with van der Waals surface area (Å²) in [5.74, 6) is -0.709. The van der Waals surface area contributed by atoms with Gasteiger partial charge in [0.1, 0.15) is 11.9 Å². The van der Waals surface area contributed by atoms with Gasteiger partial charge in [-0.05, 0) is 38.5 Å². The van der Waals surface area contributed by atoms with Gasteiger partial charge < -0.3 is 10.6 Å². The summed E-state index contributed by atoms with van der Waals surface area (Å²) in [6.07, 6.45) is 0.827. The summed E-state index contributed by atoms with van der Waals surface area (Å²) in [6.45, 7) is 5.96. The fourth-order valence-corrected chi connectivity index (χ4v) is 1.41. The molecule has 1 amide bonds. The number of rotatable bonds is 5. The smallest absolute Gasteiger partial charge is 0.239 e. The molecule has 0 spiro atoms. The zero-order valence-corrected chi connectivity index (χ0v) is 11.4. The molecule has 5 heteroatoms. The van der Waals surface area contributed by atoms with Crippen molar-refractivity contribution in [3.63, 3.8) is 0 Å². The Labute approximate surface area is 112 Å². The fourth-order valence-electron chi connectivity index (χ4n) is 1.41. The Morgan fingerprint density at radius 1 is 1.47 bits per heavy atom. The van der Waals surface area contributed by atoms with Gasteiger partial charge in [-0.15, -0.1) is 0 Å². The lowest BCUT2D eigenvalue weighted by atomic mass is 10.0. The predicted octanol–water partition coefficient (Wildman–Crippen LogP) is 2.41. The van der Waals surface area contributed by atoms with Crippen LogP contribution in [-0.2, 0) is 4.79 Å². The number of carbonyl (C=O) groups excluding carboxylic acids is 1. The number of anilines is 1. The molecular weight excluding hydrogens is 245 g/mol. The Morgan fingerprint density at radius 3 is 2.74 bits per heavy atom. The molecule has 0 saturated carbocycles. The van der Waals surface area contributed by atoms with Gasteiger partial charge in [-0.3, -0.25) is 4.79 Å². The van der Waals surface area contributed by atoms with Crippen LogP contribution in [0.1, 0.15) is 32.8 Å². The van der Waals surface area contributed by atoms with Crippen LogP contribution in [0.3, 0.4) is 0 Å². The number of nitriles is 1. The monoisotopic (exact) mass is 263 g/mol. The van der Waals surface area contributed by atoms with Gasteiger partial charge in [0.05, 0.1) is 12.1 Å². The van der Waals surface area contributed by atoms with Crippen molar-refractivity contribution in [3.05, 3.63) is 29.6 Å². The van der Waals surface area contributed by atoms with E-state index in [9.17, 15) is 9.18 Å². The fraction of sp³-hybridized carbons (Fsp3) is 0.429. The number of nitrogens with one attached hydrogen (secondary N) is 2. The standard InChI is InChI=1S/C14H18FN3O/c1-4-14(2,3)18-13(19)9-17-11-5-6-12(15)10(7-11)8-16/h5-7,17H,4,9H2,1-3H3,(H,18,19). The first-order valence-corrected chi connectivity index (χ1v) is 6.12. The van der Waals surface area contributed by atoms with Gasteiger partial charge in [0.25, 0.3) is 0 Å². The van der Waals surface area contributed by atoms with E-state index in [1.807, 2.05) is 20.8 Å². The molecule has 0 heterocycles. The topological polar surface area (TPSA) is 64.9 Å². The van der Waals surface area contributed by atoms with Gasteiger partial charge in [-0.1, -0.05) is 6.92 Å². The van der Waals surface area contributed by atoms with E-state index in [-0.39, 0.29) is 23.6 Å². The van der Waals surface area contributed by atoms with Gasteiger partial charge in [0.2, 0.25) is 5.91 Å². The van der Waals surface area contributed by atoms with E-state index in [4.69, 9.17) is 5.26 Å². The Morgan fingerprint density at radius 2 is 2.16 bits per heavy atom. The maximum absolute atomic E-state index is 13.1. The van der Waals surface area contributed by atoms with Crippen molar-refractivity contribution in [3.8, 4) is 6.07 Å². The Balaban J connectivity index is 2.58. The highest BCUT2D eigenvalue weighted by atomic mass is 19.1. The first kappa shape index (κ1) is 15.0. The number of halogens is 1. The Hall–Kier alpha value is -2.09. The minimum atomic E-state index is -0.565. The van der Waals surface area contributed by atoms with E-state index in [2.05, 4.69) is 10.6 Å². The van der Waals surface area contributed by atoms with Crippen molar-refractivity contribution in [2.75, 3.05) is 11.9 Å². The van der Waals surface area contributed by atoms with Crippen LogP contribution in [0.25, 0.3) is 0 Å². The minimum absolute atomic E-state index is 0.0423. The van der Waals surface area contributed by atoms with Crippen LogP contribution >= 0.6 is 0 Å². The highest BCUT2D eigenvalue weighted by Crippen LogP contribution is 2.13. The van der Waals surface area contributed by atoms with Crippen molar-refractivity contribution in [2.45, 2.75) is 32.7 Å². The summed E-state index contributed by atoms with van der Waals surface area (Å²) in [4.78, 5) is 11.7. The van der Waals surface area contributed by atoms with E-state index in [1.165, 1.54) is 18.2 Å². The molecule has 1 rings (SSSR count). The first-order valence-electron chi connectivity index (χ1n) is 6.12. The summed E-state index contributed by atoms with van der Waals surface area (Å²) in [5.41, 5.74) is 0.251. The molecule has 0 fully saturated rings. The second kappa shape index (κ2) is 6.19. The number of nitrogens with zero attached hydrogens (tertiary/aromatic N) is 1. The van der Waals surface area contributed by atoms with E-state index >= 15 is 0 Å². The number of hydrogen-bond donors (Lipinski definition) is 2. The molecule has 0 aliphatic carbocycles.